The van der Waals surface area contributed by atoms with Crippen LogP contribution in [0.1, 0.15) is 11.1 Å². The third-order valence-electron chi connectivity index (χ3n) is 2.46. The molecule has 0 heterocycles. The van der Waals surface area contributed by atoms with Gasteiger partial charge in [-0.05, 0) is 17.2 Å². The molecule has 0 saturated carbocycles. The van der Waals surface area contributed by atoms with Gasteiger partial charge in [-0.25, -0.2) is 0 Å². The van der Waals surface area contributed by atoms with Gasteiger partial charge >= 0.3 is 0 Å². The molecular weight excluding hydrogens is 260 g/mol. The molecule has 0 bridgehead atoms. The molecule has 0 radical (unpaired) electrons. The van der Waals surface area contributed by atoms with E-state index in [-0.39, 0.29) is 0 Å². The average Bonchev–Trinajstić information content (AvgIpc) is 2.42. The number of thiol groups is 2. The third kappa shape index (κ3) is 4.70. The van der Waals surface area contributed by atoms with E-state index in [9.17, 15) is 0 Å². The molecule has 0 aromatic heterocycles. The minimum absolute atomic E-state index is 0.787. The molecule has 1 aromatic rings. The van der Waals surface area contributed by atoms with Crippen molar-refractivity contribution in [3.05, 3.63) is 48.6 Å². The number of benzene rings is 1. The quantitative estimate of drug-likeness (QED) is 0.550. The van der Waals surface area contributed by atoms with Gasteiger partial charge in [-0.3, -0.25) is 0 Å². The van der Waals surface area contributed by atoms with Crippen molar-refractivity contribution in [1.29, 1.82) is 0 Å². The Morgan fingerprint density at radius 1 is 0.944 bits per heavy atom. The first-order chi connectivity index (χ1) is 8.69. The summed E-state index contributed by atoms with van der Waals surface area (Å²) in [6.45, 7) is 9.66. The SMILES string of the molecule is C=C(NCCS)c1cccc(C(=C)NCCS)c1. The van der Waals surface area contributed by atoms with Crippen molar-refractivity contribution in [3.63, 3.8) is 0 Å². The molecule has 2 nitrogen and oxygen atoms in total. The lowest BCUT2D eigenvalue weighted by Crippen LogP contribution is -2.15. The molecule has 0 fully saturated rings. The second-order valence-corrected chi connectivity index (χ2v) is 4.73. The fourth-order valence-electron chi connectivity index (χ4n) is 1.51. The summed E-state index contributed by atoms with van der Waals surface area (Å²) in [5.74, 6) is 1.57. The van der Waals surface area contributed by atoms with Crippen molar-refractivity contribution < 1.29 is 0 Å². The van der Waals surface area contributed by atoms with E-state index < -0.39 is 0 Å². The van der Waals surface area contributed by atoms with Crippen LogP contribution in [0.3, 0.4) is 0 Å². The van der Waals surface area contributed by atoms with Gasteiger partial charge in [0.05, 0.1) is 0 Å². The largest absolute Gasteiger partial charge is 0.384 e. The van der Waals surface area contributed by atoms with E-state index in [1.165, 1.54) is 0 Å². The molecule has 1 aromatic carbocycles. The zero-order chi connectivity index (χ0) is 13.4. The monoisotopic (exact) mass is 280 g/mol. The van der Waals surface area contributed by atoms with Crippen LogP contribution in [-0.2, 0) is 0 Å². The van der Waals surface area contributed by atoms with Gasteiger partial charge in [-0.15, -0.1) is 0 Å². The Morgan fingerprint density at radius 2 is 1.39 bits per heavy atom. The molecule has 0 aliphatic rings. The standard InChI is InChI=1S/C14H20N2S2/c1-11(15-6-8-17)13-4-3-5-14(10-13)12(2)16-7-9-18/h3-5,10,15-18H,1-2,6-9H2. The molecular formula is C14H20N2S2. The van der Waals surface area contributed by atoms with Crippen molar-refractivity contribution >= 4 is 36.7 Å². The minimum atomic E-state index is 0.787. The molecule has 0 amide bonds. The molecule has 2 N–H and O–H groups in total. The van der Waals surface area contributed by atoms with Crippen molar-refractivity contribution in [1.82, 2.24) is 10.6 Å². The van der Waals surface area contributed by atoms with Crippen molar-refractivity contribution in [3.8, 4) is 0 Å². The fourth-order valence-corrected chi connectivity index (χ4v) is 1.74. The highest BCUT2D eigenvalue weighted by Gasteiger charge is 2.02. The summed E-state index contributed by atoms with van der Waals surface area (Å²) in [5.41, 5.74) is 3.96. The first-order valence-corrected chi connectivity index (χ1v) is 7.13. The fraction of sp³-hybridized carbons (Fsp3) is 0.286. The zero-order valence-corrected chi connectivity index (χ0v) is 12.2. The lowest BCUT2D eigenvalue weighted by molar-refractivity contribution is 0.949. The summed E-state index contributed by atoms with van der Waals surface area (Å²) in [6, 6.07) is 8.14. The number of nitrogens with one attached hydrogen (secondary N) is 2. The van der Waals surface area contributed by atoms with Crippen LogP contribution in [0.25, 0.3) is 11.4 Å². The van der Waals surface area contributed by atoms with Crippen molar-refractivity contribution in [2.24, 2.45) is 0 Å². The summed E-state index contributed by atoms with van der Waals surface area (Å²) < 4.78 is 0. The molecule has 0 spiro atoms. The molecule has 0 unspecified atom stereocenters. The first kappa shape index (κ1) is 15.1. The summed E-state index contributed by atoms with van der Waals surface area (Å²) in [6.07, 6.45) is 0. The maximum Gasteiger partial charge on any atom is 0.0341 e. The Hall–Kier alpha value is -1.00. The third-order valence-corrected chi connectivity index (χ3v) is 2.91. The topological polar surface area (TPSA) is 24.1 Å². The van der Waals surface area contributed by atoms with Crippen LogP contribution in [0.5, 0.6) is 0 Å². The van der Waals surface area contributed by atoms with E-state index in [1.54, 1.807) is 0 Å². The van der Waals surface area contributed by atoms with Gasteiger partial charge in [0.25, 0.3) is 0 Å². The number of hydrogen-bond donors (Lipinski definition) is 4. The van der Waals surface area contributed by atoms with Gasteiger partial charge in [-0.2, -0.15) is 25.3 Å². The Bertz CT molecular complexity index is 381. The van der Waals surface area contributed by atoms with Crippen LogP contribution in [0.15, 0.2) is 37.4 Å². The molecule has 98 valence electrons. The normalized spacial score (nSPS) is 9.89. The zero-order valence-electron chi connectivity index (χ0n) is 10.4. The Kier molecular flexibility index (Phi) is 6.83. The van der Waals surface area contributed by atoms with Gasteiger partial charge in [0, 0.05) is 36.0 Å². The van der Waals surface area contributed by atoms with E-state index in [2.05, 4.69) is 55.1 Å². The van der Waals surface area contributed by atoms with Crippen molar-refractivity contribution in [2.45, 2.75) is 0 Å². The minimum Gasteiger partial charge on any atom is -0.384 e. The average molecular weight is 280 g/mol. The van der Waals surface area contributed by atoms with Crippen LogP contribution >= 0.6 is 25.3 Å². The number of rotatable bonds is 8. The van der Waals surface area contributed by atoms with E-state index >= 15 is 0 Å². The van der Waals surface area contributed by atoms with Gasteiger partial charge in [0.1, 0.15) is 0 Å². The molecule has 18 heavy (non-hydrogen) atoms. The highest BCUT2D eigenvalue weighted by atomic mass is 32.1. The summed E-state index contributed by atoms with van der Waals surface area (Å²) in [4.78, 5) is 0. The molecule has 0 atom stereocenters. The smallest absolute Gasteiger partial charge is 0.0341 e. The van der Waals surface area contributed by atoms with Gasteiger partial charge < -0.3 is 10.6 Å². The highest BCUT2D eigenvalue weighted by molar-refractivity contribution is 7.80. The molecule has 1 rings (SSSR count). The second kappa shape index (κ2) is 8.16. The van der Waals surface area contributed by atoms with Crippen LogP contribution in [0, 0.1) is 0 Å². The van der Waals surface area contributed by atoms with Crippen LogP contribution in [0.4, 0.5) is 0 Å². The second-order valence-electron chi connectivity index (χ2n) is 3.84. The molecule has 0 saturated heterocycles. The number of hydrogen-bond acceptors (Lipinski definition) is 4. The maximum absolute atomic E-state index is 4.16. The predicted molar refractivity (Wildman–Crippen MR) is 88.2 cm³/mol. The van der Waals surface area contributed by atoms with Gasteiger partial charge in [-0.1, -0.05) is 31.4 Å². The lowest BCUT2D eigenvalue weighted by atomic mass is 10.1. The molecule has 0 aliphatic carbocycles. The Labute approximate surface area is 120 Å². The van der Waals surface area contributed by atoms with Crippen molar-refractivity contribution in [2.75, 3.05) is 24.6 Å². The van der Waals surface area contributed by atoms with Crippen LogP contribution in [0.2, 0.25) is 0 Å². The lowest BCUT2D eigenvalue weighted by Gasteiger charge is -2.12. The van der Waals surface area contributed by atoms with E-state index in [0.29, 0.717) is 0 Å². The van der Waals surface area contributed by atoms with Crippen LogP contribution in [-0.4, -0.2) is 24.6 Å². The summed E-state index contributed by atoms with van der Waals surface area (Å²) >= 11 is 8.33. The first-order valence-electron chi connectivity index (χ1n) is 5.87. The summed E-state index contributed by atoms with van der Waals surface area (Å²) in [5, 5.41) is 6.45. The molecule has 0 aliphatic heterocycles. The van der Waals surface area contributed by atoms with E-state index in [1.807, 2.05) is 18.2 Å². The Morgan fingerprint density at radius 3 is 1.78 bits per heavy atom. The van der Waals surface area contributed by atoms with E-state index in [4.69, 9.17) is 0 Å². The van der Waals surface area contributed by atoms with E-state index in [0.717, 1.165) is 47.1 Å². The summed E-state index contributed by atoms with van der Waals surface area (Å²) in [7, 11) is 0. The predicted octanol–water partition coefficient (Wildman–Crippen LogP) is 2.67. The maximum atomic E-state index is 4.16. The van der Waals surface area contributed by atoms with Gasteiger partial charge in [0.2, 0.25) is 0 Å². The van der Waals surface area contributed by atoms with Crippen LogP contribution < -0.4 is 10.6 Å². The van der Waals surface area contributed by atoms with Gasteiger partial charge in [0.15, 0.2) is 0 Å². The molecule has 4 heteroatoms. The Balaban J connectivity index is 2.72. The highest BCUT2D eigenvalue weighted by Crippen LogP contribution is 2.16.